The van der Waals surface area contributed by atoms with Crippen molar-refractivity contribution in [3.8, 4) is 16.9 Å². The monoisotopic (exact) mass is 488 g/mol. The lowest BCUT2D eigenvalue weighted by Crippen LogP contribution is -2.47. The quantitative estimate of drug-likeness (QED) is 0.545. The van der Waals surface area contributed by atoms with Crippen LogP contribution in [0.2, 0.25) is 0 Å². The number of hydrazine groups is 1. The molecule has 2 aromatic carbocycles. The van der Waals surface area contributed by atoms with Crippen LogP contribution in [0.25, 0.3) is 11.1 Å². The van der Waals surface area contributed by atoms with Gasteiger partial charge in [0.25, 0.3) is 5.91 Å². The molecule has 2 bridgehead atoms. The predicted molar refractivity (Wildman–Crippen MR) is 145 cm³/mol. The zero-order valence-corrected chi connectivity index (χ0v) is 21.6. The number of nitrogens with one attached hydrogen (secondary N) is 1. The molecule has 3 heterocycles. The first-order chi connectivity index (χ1) is 17.6. The molecule has 6 nitrogen and oxygen atoms in total. The van der Waals surface area contributed by atoms with Gasteiger partial charge in [-0.15, -0.1) is 6.58 Å². The van der Waals surface area contributed by atoms with Gasteiger partial charge in [-0.2, -0.15) is 0 Å². The Balaban J connectivity index is 1.45. The number of hydrogen-bond donors (Lipinski definition) is 1. The zero-order chi connectivity index (χ0) is 24.9. The van der Waals surface area contributed by atoms with Gasteiger partial charge in [-0.05, 0) is 73.1 Å². The lowest BCUT2D eigenvalue weighted by molar-refractivity contribution is 0.0786. The summed E-state index contributed by atoms with van der Waals surface area (Å²) >= 11 is 0. The molecule has 3 aliphatic heterocycles. The van der Waals surface area contributed by atoms with E-state index in [9.17, 15) is 4.79 Å². The lowest BCUT2D eigenvalue weighted by Gasteiger charge is -2.41. The van der Waals surface area contributed by atoms with E-state index in [1.165, 1.54) is 31.2 Å². The summed E-state index contributed by atoms with van der Waals surface area (Å²) in [6, 6.07) is 15.6. The Bertz CT molecular complexity index is 1060. The molecule has 2 atom stereocenters. The van der Waals surface area contributed by atoms with Crippen molar-refractivity contribution in [2.75, 3.05) is 39.8 Å². The predicted octanol–water partition coefficient (Wildman–Crippen LogP) is 4.72. The number of piperidine rings is 1. The van der Waals surface area contributed by atoms with E-state index in [-0.39, 0.29) is 5.91 Å². The molecule has 2 aromatic rings. The van der Waals surface area contributed by atoms with Crippen LogP contribution in [0.15, 0.2) is 55.1 Å². The number of rotatable bonds is 8. The highest BCUT2D eigenvalue weighted by atomic mass is 16.5. The molecule has 36 heavy (non-hydrogen) atoms. The van der Waals surface area contributed by atoms with Crippen LogP contribution >= 0.6 is 0 Å². The maximum atomic E-state index is 13.1. The number of carbonyl (C=O) groups is 1. The SMILES string of the molecule is C=CCN1CCC2CCCC(C1)N2Cc1ccc(C(=O)NN2CCCC2)cc1-c1cccc(OC)c1. The number of ether oxygens (including phenoxy) is 1. The van der Waals surface area contributed by atoms with E-state index >= 15 is 0 Å². The second-order valence-corrected chi connectivity index (χ2v) is 10.5. The third kappa shape index (κ3) is 5.66. The summed E-state index contributed by atoms with van der Waals surface area (Å²) in [5.41, 5.74) is 7.29. The van der Waals surface area contributed by atoms with Crippen LogP contribution in [-0.2, 0) is 6.54 Å². The van der Waals surface area contributed by atoms with Crippen LogP contribution in [0, 0.1) is 0 Å². The summed E-state index contributed by atoms with van der Waals surface area (Å²) in [7, 11) is 1.70. The highest BCUT2D eigenvalue weighted by Crippen LogP contribution is 2.34. The van der Waals surface area contributed by atoms with Gasteiger partial charge in [0.05, 0.1) is 7.11 Å². The number of carbonyl (C=O) groups excluding carboxylic acids is 1. The smallest absolute Gasteiger partial charge is 0.265 e. The third-order valence-electron chi connectivity index (χ3n) is 8.12. The summed E-state index contributed by atoms with van der Waals surface area (Å²) in [4.78, 5) is 18.4. The Hall–Kier alpha value is -2.67. The molecule has 192 valence electrons. The number of amides is 1. The fourth-order valence-electron chi connectivity index (χ4n) is 6.20. The first-order valence-electron chi connectivity index (χ1n) is 13.6. The van der Waals surface area contributed by atoms with E-state index in [2.05, 4.69) is 46.1 Å². The summed E-state index contributed by atoms with van der Waals surface area (Å²) in [5.74, 6) is 0.802. The molecule has 3 fully saturated rings. The third-order valence-corrected chi connectivity index (χ3v) is 8.12. The van der Waals surface area contributed by atoms with Gasteiger partial charge in [0.15, 0.2) is 0 Å². The van der Waals surface area contributed by atoms with Crippen LogP contribution in [-0.4, -0.2) is 72.6 Å². The van der Waals surface area contributed by atoms with E-state index in [0.717, 1.165) is 69.0 Å². The summed E-state index contributed by atoms with van der Waals surface area (Å²) < 4.78 is 5.53. The Labute approximate surface area is 215 Å². The van der Waals surface area contributed by atoms with Gasteiger partial charge >= 0.3 is 0 Å². The topological polar surface area (TPSA) is 48.0 Å². The second kappa shape index (κ2) is 11.6. The minimum Gasteiger partial charge on any atom is -0.497 e. The number of methoxy groups -OCH3 is 1. The zero-order valence-electron chi connectivity index (χ0n) is 21.6. The van der Waals surface area contributed by atoms with Crippen molar-refractivity contribution >= 4 is 5.91 Å². The summed E-state index contributed by atoms with van der Waals surface area (Å²) in [6.07, 6.45) is 9.33. The van der Waals surface area contributed by atoms with E-state index in [0.29, 0.717) is 17.6 Å². The van der Waals surface area contributed by atoms with Crippen LogP contribution in [0.3, 0.4) is 0 Å². The molecule has 0 spiro atoms. The Kier molecular flexibility index (Phi) is 8.05. The molecular weight excluding hydrogens is 448 g/mol. The van der Waals surface area contributed by atoms with Crippen LogP contribution < -0.4 is 10.2 Å². The first kappa shape index (κ1) is 25.0. The van der Waals surface area contributed by atoms with Crippen LogP contribution in [0.1, 0.15) is 54.4 Å². The number of nitrogens with zero attached hydrogens (tertiary/aromatic N) is 3. The second-order valence-electron chi connectivity index (χ2n) is 10.5. The van der Waals surface area contributed by atoms with Gasteiger partial charge < -0.3 is 4.74 Å². The number of fused-ring (bicyclic) bond motifs is 2. The van der Waals surface area contributed by atoms with Crippen molar-refractivity contribution in [2.24, 2.45) is 0 Å². The Morgan fingerprint density at radius 1 is 1.06 bits per heavy atom. The average molecular weight is 489 g/mol. The fourth-order valence-corrected chi connectivity index (χ4v) is 6.20. The van der Waals surface area contributed by atoms with Crippen molar-refractivity contribution in [3.05, 3.63) is 66.2 Å². The molecule has 1 N–H and O–H groups in total. The van der Waals surface area contributed by atoms with E-state index in [1.54, 1.807) is 7.11 Å². The molecule has 0 radical (unpaired) electrons. The standard InChI is InChI=1S/C30H40N4O2/c1-3-15-32-18-14-26-9-7-10-27(22-32)34(26)21-25-13-12-24(30(35)31-33-16-4-5-17-33)20-29(25)23-8-6-11-28(19-23)36-2/h3,6,8,11-13,19-20,26-27H,1,4-5,7,9-10,14-18,21-22H2,2H3,(H,31,35). The van der Waals surface area contributed by atoms with Gasteiger partial charge in [0, 0.05) is 56.9 Å². The van der Waals surface area contributed by atoms with Gasteiger partial charge in [0.2, 0.25) is 0 Å². The highest BCUT2D eigenvalue weighted by molar-refractivity contribution is 5.95. The highest BCUT2D eigenvalue weighted by Gasteiger charge is 2.34. The molecule has 3 aliphatic rings. The van der Waals surface area contributed by atoms with Gasteiger partial charge in [-0.1, -0.05) is 30.7 Å². The molecule has 0 aliphatic carbocycles. The van der Waals surface area contributed by atoms with Crippen LogP contribution in [0.5, 0.6) is 5.75 Å². The molecule has 6 heteroatoms. The van der Waals surface area contributed by atoms with Crippen molar-refractivity contribution in [3.63, 3.8) is 0 Å². The minimum atomic E-state index is -0.0284. The molecule has 0 saturated carbocycles. The summed E-state index contributed by atoms with van der Waals surface area (Å²) in [5, 5.41) is 2.04. The molecule has 1 amide bonds. The maximum absolute atomic E-state index is 13.1. The Morgan fingerprint density at radius 3 is 2.69 bits per heavy atom. The van der Waals surface area contributed by atoms with Gasteiger partial charge in [0.1, 0.15) is 5.75 Å². The van der Waals surface area contributed by atoms with Crippen LogP contribution in [0.4, 0.5) is 0 Å². The molecule has 2 unspecified atom stereocenters. The van der Waals surface area contributed by atoms with Crippen molar-refractivity contribution < 1.29 is 9.53 Å². The minimum absolute atomic E-state index is 0.0284. The molecular formula is C30H40N4O2. The average Bonchev–Trinajstić information content (AvgIpc) is 3.39. The van der Waals surface area contributed by atoms with Crippen molar-refractivity contribution in [1.29, 1.82) is 0 Å². The van der Waals surface area contributed by atoms with Gasteiger partial charge in [-0.25, -0.2) is 5.01 Å². The van der Waals surface area contributed by atoms with Crippen molar-refractivity contribution in [1.82, 2.24) is 20.2 Å². The molecule has 3 saturated heterocycles. The van der Waals surface area contributed by atoms with Gasteiger partial charge in [-0.3, -0.25) is 20.0 Å². The lowest BCUT2D eigenvalue weighted by atomic mass is 9.91. The van der Waals surface area contributed by atoms with Crippen molar-refractivity contribution in [2.45, 2.75) is 57.2 Å². The first-order valence-corrected chi connectivity index (χ1v) is 13.6. The van der Waals surface area contributed by atoms with E-state index in [1.807, 2.05) is 29.3 Å². The van der Waals surface area contributed by atoms with E-state index in [4.69, 9.17) is 4.74 Å². The largest absolute Gasteiger partial charge is 0.497 e. The number of benzene rings is 2. The number of hydrogen-bond acceptors (Lipinski definition) is 5. The Morgan fingerprint density at radius 2 is 1.89 bits per heavy atom. The molecule has 0 aromatic heterocycles. The fraction of sp³-hybridized carbons (Fsp3) is 0.500. The van der Waals surface area contributed by atoms with E-state index < -0.39 is 0 Å². The molecule has 5 rings (SSSR count). The summed E-state index contributed by atoms with van der Waals surface area (Å²) in [6.45, 7) is 9.93. The normalized spacial score (nSPS) is 23.2. The maximum Gasteiger partial charge on any atom is 0.265 e.